The monoisotopic (exact) mass is 607 g/mol. The van der Waals surface area contributed by atoms with Crippen LogP contribution in [0.25, 0.3) is 0 Å². The van der Waals surface area contributed by atoms with Crippen LogP contribution in [0.4, 0.5) is 13.2 Å². The van der Waals surface area contributed by atoms with Crippen LogP contribution in [0, 0.1) is 51.2 Å². The molecule has 0 saturated heterocycles. The van der Waals surface area contributed by atoms with Crippen molar-refractivity contribution in [3.8, 4) is 0 Å². The number of esters is 1. The third-order valence-corrected chi connectivity index (χ3v) is 13.4. The number of nitrogens with one attached hydrogen (secondary N) is 1. The summed E-state index contributed by atoms with van der Waals surface area (Å²) in [5.74, 6) is 0.111. The summed E-state index contributed by atoms with van der Waals surface area (Å²) in [4.78, 5) is 39.5. The molecule has 4 saturated carbocycles. The second-order valence-corrected chi connectivity index (χ2v) is 16.7. The Hall–Kier alpha value is -1.86. The van der Waals surface area contributed by atoms with Gasteiger partial charge in [0.2, 0.25) is 5.91 Å². The fraction of sp³-hybridized carbons (Fsp3) is 0.857. The summed E-state index contributed by atoms with van der Waals surface area (Å²) in [5.41, 5.74) is -2.11. The molecule has 4 unspecified atom stereocenters. The minimum atomic E-state index is -4.61. The minimum Gasteiger partial charge on any atom is -0.462 e. The number of carbonyl (C=O) groups is 3. The highest BCUT2D eigenvalue weighted by atomic mass is 19.4. The molecule has 0 aromatic heterocycles. The number of fused-ring (bicyclic) bond motifs is 7. The van der Waals surface area contributed by atoms with Gasteiger partial charge in [0.15, 0.2) is 5.78 Å². The summed E-state index contributed by atoms with van der Waals surface area (Å²) in [5, 5.41) is 2.35. The molecule has 43 heavy (non-hydrogen) atoms. The SMILES string of the molecule is CC(=O)O[C@H]1CC[C@@]2(C)C(CC[C@@]3(C)C4CC[C@@]5(C(=O)NC(C)(C)C(F)(F)F)CC(=O)C(C(C)C)=C5C4CCC32)C1(C)C. The molecule has 4 fully saturated rings. The van der Waals surface area contributed by atoms with Gasteiger partial charge in [-0.05, 0) is 117 Å². The van der Waals surface area contributed by atoms with E-state index in [0.29, 0.717) is 23.8 Å². The lowest BCUT2D eigenvalue weighted by Crippen LogP contribution is -2.64. The number of alkyl halides is 3. The molecule has 8 heteroatoms. The first-order chi connectivity index (χ1) is 19.6. The lowest BCUT2D eigenvalue weighted by Gasteiger charge is -2.68. The van der Waals surface area contributed by atoms with Crippen molar-refractivity contribution < 1.29 is 32.3 Å². The number of hydrogen-bond donors (Lipinski definition) is 1. The molecule has 5 aliphatic carbocycles. The molecule has 0 aliphatic heterocycles. The van der Waals surface area contributed by atoms with Gasteiger partial charge in [-0.25, -0.2) is 0 Å². The molecular formula is C35H52F3NO4. The third-order valence-electron chi connectivity index (χ3n) is 13.4. The lowest BCUT2D eigenvalue weighted by molar-refractivity contribution is -0.212. The van der Waals surface area contributed by atoms with Crippen LogP contribution in [0.2, 0.25) is 0 Å². The van der Waals surface area contributed by atoms with Crippen molar-refractivity contribution in [1.82, 2.24) is 5.32 Å². The third kappa shape index (κ3) is 4.64. The summed E-state index contributed by atoms with van der Waals surface area (Å²) in [6, 6.07) is 0. The molecule has 0 spiro atoms. The molecule has 5 rings (SSSR count). The van der Waals surface area contributed by atoms with E-state index in [1.54, 1.807) is 0 Å². The molecular weight excluding hydrogens is 555 g/mol. The molecule has 0 radical (unpaired) electrons. The van der Waals surface area contributed by atoms with Gasteiger partial charge >= 0.3 is 12.1 Å². The predicted octanol–water partition coefficient (Wildman–Crippen LogP) is 7.97. The average molecular weight is 608 g/mol. The van der Waals surface area contributed by atoms with Crippen LogP contribution in [0.3, 0.4) is 0 Å². The van der Waals surface area contributed by atoms with E-state index in [4.69, 9.17) is 4.74 Å². The van der Waals surface area contributed by atoms with E-state index in [-0.39, 0.29) is 58.3 Å². The van der Waals surface area contributed by atoms with Gasteiger partial charge in [-0.2, -0.15) is 13.2 Å². The van der Waals surface area contributed by atoms with E-state index in [1.807, 2.05) is 13.8 Å². The predicted molar refractivity (Wildman–Crippen MR) is 159 cm³/mol. The quantitative estimate of drug-likeness (QED) is 0.329. The second-order valence-electron chi connectivity index (χ2n) is 16.7. The van der Waals surface area contributed by atoms with Crippen LogP contribution >= 0.6 is 0 Å². The zero-order valence-electron chi connectivity index (χ0n) is 27.6. The van der Waals surface area contributed by atoms with Crippen molar-refractivity contribution in [3.05, 3.63) is 11.1 Å². The zero-order chi connectivity index (χ0) is 32.1. The Labute approximate surface area is 255 Å². The maximum absolute atomic E-state index is 14.0. The van der Waals surface area contributed by atoms with E-state index in [2.05, 4.69) is 33.0 Å². The van der Waals surface area contributed by atoms with Gasteiger partial charge in [0, 0.05) is 18.8 Å². The zero-order valence-corrected chi connectivity index (χ0v) is 27.6. The Morgan fingerprint density at radius 1 is 0.907 bits per heavy atom. The van der Waals surface area contributed by atoms with Gasteiger partial charge < -0.3 is 10.1 Å². The van der Waals surface area contributed by atoms with Gasteiger partial charge in [0.25, 0.3) is 0 Å². The number of amides is 1. The summed E-state index contributed by atoms with van der Waals surface area (Å²) in [6.45, 7) is 16.8. The van der Waals surface area contributed by atoms with Crippen LogP contribution in [-0.2, 0) is 19.1 Å². The molecule has 242 valence electrons. The van der Waals surface area contributed by atoms with Gasteiger partial charge in [0.1, 0.15) is 11.6 Å². The topological polar surface area (TPSA) is 72.5 Å². The van der Waals surface area contributed by atoms with E-state index in [1.165, 1.54) is 6.92 Å². The number of carbonyl (C=O) groups excluding carboxylic acids is 3. The first-order valence-electron chi connectivity index (χ1n) is 16.5. The smallest absolute Gasteiger partial charge is 0.410 e. The number of hydrogen-bond acceptors (Lipinski definition) is 4. The normalized spacial score (nSPS) is 40.8. The van der Waals surface area contributed by atoms with Crippen LogP contribution in [0.5, 0.6) is 0 Å². The van der Waals surface area contributed by atoms with Crippen molar-refractivity contribution in [2.45, 2.75) is 138 Å². The van der Waals surface area contributed by atoms with Crippen molar-refractivity contribution in [2.75, 3.05) is 0 Å². The fourth-order valence-electron chi connectivity index (χ4n) is 11.4. The van der Waals surface area contributed by atoms with Crippen molar-refractivity contribution >= 4 is 17.7 Å². The molecule has 0 aromatic rings. The Morgan fingerprint density at radius 3 is 2.12 bits per heavy atom. The van der Waals surface area contributed by atoms with Crippen LogP contribution < -0.4 is 5.32 Å². The van der Waals surface area contributed by atoms with E-state index < -0.39 is 23.0 Å². The van der Waals surface area contributed by atoms with E-state index >= 15 is 0 Å². The highest BCUT2D eigenvalue weighted by Gasteiger charge is 2.68. The highest BCUT2D eigenvalue weighted by molar-refractivity contribution is 6.07. The molecule has 5 nitrogen and oxygen atoms in total. The summed E-state index contributed by atoms with van der Waals surface area (Å²) < 4.78 is 47.5. The van der Waals surface area contributed by atoms with Crippen LogP contribution in [-0.4, -0.2) is 35.5 Å². The Morgan fingerprint density at radius 2 is 1.53 bits per heavy atom. The minimum absolute atomic E-state index is 0.00683. The van der Waals surface area contributed by atoms with Gasteiger partial charge in [-0.1, -0.05) is 41.5 Å². The Bertz CT molecular complexity index is 1230. The number of Topliss-reactive ketones (excluding diaryl/α,β-unsaturated/α-hetero) is 1. The average Bonchev–Trinajstić information content (AvgIpc) is 3.18. The molecule has 5 aliphatic rings. The Kier molecular flexibility index (Phi) is 7.62. The summed E-state index contributed by atoms with van der Waals surface area (Å²) in [6.07, 6.45) is 2.12. The number of ketones is 1. The van der Waals surface area contributed by atoms with Crippen molar-refractivity contribution in [1.29, 1.82) is 0 Å². The largest absolute Gasteiger partial charge is 0.462 e. The Balaban J connectivity index is 1.51. The number of halogens is 3. The van der Waals surface area contributed by atoms with Gasteiger partial charge in [-0.3, -0.25) is 14.4 Å². The van der Waals surface area contributed by atoms with Gasteiger partial charge in [-0.15, -0.1) is 0 Å². The molecule has 1 N–H and O–H groups in total. The van der Waals surface area contributed by atoms with Crippen molar-refractivity contribution in [3.63, 3.8) is 0 Å². The number of allylic oxidation sites excluding steroid dienone is 1. The highest BCUT2D eigenvalue weighted by Crippen LogP contribution is 2.73. The maximum Gasteiger partial charge on any atom is 0.410 e. The van der Waals surface area contributed by atoms with Crippen molar-refractivity contribution in [2.24, 2.45) is 51.2 Å². The first-order valence-corrected chi connectivity index (χ1v) is 16.5. The number of ether oxygens (including phenoxy) is 1. The summed E-state index contributed by atoms with van der Waals surface area (Å²) >= 11 is 0. The van der Waals surface area contributed by atoms with E-state index in [9.17, 15) is 27.6 Å². The first kappa shape index (κ1) is 32.5. The number of rotatable bonds is 4. The standard InChI is InChI=1S/C35H52F3NO4/c1-19(2)27-23(41)18-34(29(42)39-31(6,7)35(36,37)38)17-12-22-21(28(27)34)10-11-25-32(22,8)15-13-24-30(4,5)26(43-20(3)40)14-16-33(24,25)9/h19,21-22,24-26H,10-18H2,1-9H3,(H,39,42)/t21?,22?,24?,25?,26-,32-,33-,34+/m0/s1. The lowest BCUT2D eigenvalue weighted by atomic mass is 9.36. The fourth-order valence-corrected chi connectivity index (χ4v) is 11.4. The second kappa shape index (κ2) is 10.1. The molecule has 1 amide bonds. The van der Waals surface area contributed by atoms with E-state index in [0.717, 1.165) is 64.4 Å². The summed E-state index contributed by atoms with van der Waals surface area (Å²) in [7, 11) is 0. The van der Waals surface area contributed by atoms with Crippen LogP contribution in [0.15, 0.2) is 11.1 Å². The molecule has 0 bridgehead atoms. The van der Waals surface area contributed by atoms with Gasteiger partial charge in [0.05, 0.1) is 5.41 Å². The van der Waals surface area contributed by atoms with Crippen LogP contribution in [0.1, 0.15) is 120 Å². The maximum atomic E-state index is 14.0. The molecule has 0 aromatic carbocycles. The molecule has 8 atom stereocenters. The molecule has 0 heterocycles.